The second-order valence-corrected chi connectivity index (χ2v) is 10.3. The molecular weight excluding hydrogens is 400 g/mol. The van der Waals surface area contributed by atoms with Crippen molar-refractivity contribution in [3.05, 3.63) is 53.6 Å². The third kappa shape index (κ3) is 3.21. The number of piperidine rings is 3. The van der Waals surface area contributed by atoms with Crippen molar-refractivity contribution in [2.45, 2.75) is 50.6 Å². The quantitative estimate of drug-likeness (QED) is 0.721. The first-order valence-electron chi connectivity index (χ1n) is 12.1. The molecule has 2 aliphatic carbocycles. The Morgan fingerprint density at radius 3 is 2.38 bits per heavy atom. The molecule has 0 aromatic heterocycles. The highest BCUT2D eigenvalue weighted by atomic mass is 16.5. The van der Waals surface area contributed by atoms with Crippen LogP contribution in [0.1, 0.15) is 49.3 Å². The van der Waals surface area contributed by atoms with Gasteiger partial charge in [0.15, 0.2) is 0 Å². The Morgan fingerprint density at radius 2 is 1.78 bits per heavy atom. The molecule has 2 bridgehead atoms. The van der Waals surface area contributed by atoms with Gasteiger partial charge in [-0.1, -0.05) is 30.3 Å². The monoisotopic (exact) mass is 432 g/mol. The van der Waals surface area contributed by atoms with Crippen molar-refractivity contribution in [2.24, 2.45) is 11.3 Å². The molecule has 1 spiro atoms. The molecule has 1 amide bonds. The van der Waals surface area contributed by atoms with Gasteiger partial charge in [-0.15, -0.1) is 0 Å². The molecule has 4 fully saturated rings. The molecule has 0 radical (unpaired) electrons. The molecule has 3 saturated heterocycles. The summed E-state index contributed by atoms with van der Waals surface area (Å²) in [7, 11) is 1.69. The standard InChI is InChI=1S/C27H32N2O3/c1-32-22-5-2-18(3-6-22)20-4-7-23-21(16-20)8-11-27(12-13-27)25(23)29(26(30)31)24-17-28-14-9-19(24)10-15-28/h2-7,16,19,24-25H,8-15,17H2,1H3,(H,30,31)/t24-,25?/m1/s1. The molecule has 2 aromatic rings. The maximum Gasteiger partial charge on any atom is 0.408 e. The Balaban J connectivity index is 1.38. The fourth-order valence-corrected chi connectivity index (χ4v) is 6.72. The van der Waals surface area contributed by atoms with E-state index in [9.17, 15) is 9.90 Å². The van der Waals surface area contributed by atoms with E-state index in [1.165, 1.54) is 22.3 Å². The molecule has 3 aliphatic heterocycles. The number of methoxy groups -OCH3 is 1. The lowest BCUT2D eigenvalue weighted by molar-refractivity contribution is -0.0243. The van der Waals surface area contributed by atoms with Gasteiger partial charge in [-0.2, -0.15) is 0 Å². The summed E-state index contributed by atoms with van der Waals surface area (Å²) < 4.78 is 5.30. The lowest BCUT2D eigenvalue weighted by Gasteiger charge is -2.52. The van der Waals surface area contributed by atoms with Crippen LogP contribution in [0.15, 0.2) is 42.5 Å². The van der Waals surface area contributed by atoms with Crippen molar-refractivity contribution in [3.8, 4) is 16.9 Å². The van der Waals surface area contributed by atoms with Crippen molar-refractivity contribution in [2.75, 3.05) is 26.7 Å². The Kier molecular flexibility index (Phi) is 4.72. The van der Waals surface area contributed by atoms with E-state index in [1.54, 1.807) is 7.11 Å². The zero-order valence-electron chi connectivity index (χ0n) is 18.8. The number of fused-ring (bicyclic) bond motifs is 4. The van der Waals surface area contributed by atoms with Crippen LogP contribution in [-0.2, 0) is 6.42 Å². The van der Waals surface area contributed by atoms with Gasteiger partial charge in [0.05, 0.1) is 19.2 Å². The molecule has 7 rings (SSSR count). The molecule has 5 nitrogen and oxygen atoms in total. The predicted molar refractivity (Wildman–Crippen MR) is 124 cm³/mol. The number of rotatable bonds is 4. The van der Waals surface area contributed by atoms with Gasteiger partial charge in [0.25, 0.3) is 0 Å². The summed E-state index contributed by atoms with van der Waals surface area (Å²) in [5.74, 6) is 1.37. The van der Waals surface area contributed by atoms with Crippen LogP contribution in [0.2, 0.25) is 0 Å². The van der Waals surface area contributed by atoms with E-state index < -0.39 is 6.09 Å². The molecule has 5 heteroatoms. The topological polar surface area (TPSA) is 53.0 Å². The predicted octanol–water partition coefficient (Wildman–Crippen LogP) is 5.20. The Labute approximate surface area is 190 Å². The van der Waals surface area contributed by atoms with Crippen molar-refractivity contribution < 1.29 is 14.6 Å². The van der Waals surface area contributed by atoms with Crippen molar-refractivity contribution in [1.82, 2.24) is 9.80 Å². The van der Waals surface area contributed by atoms with Gasteiger partial charge in [0.2, 0.25) is 0 Å². The SMILES string of the molecule is COc1ccc(-c2ccc3c(c2)CCC2(CC2)C3N(C(=O)O)[C@@H]2CN3CCC2CC3)cc1. The number of hydrogen-bond donors (Lipinski definition) is 1. The summed E-state index contributed by atoms with van der Waals surface area (Å²) in [5.41, 5.74) is 5.10. The first-order valence-corrected chi connectivity index (χ1v) is 12.1. The number of amides is 1. The number of aryl methyl sites for hydroxylation is 1. The van der Waals surface area contributed by atoms with E-state index in [2.05, 4.69) is 35.2 Å². The van der Waals surface area contributed by atoms with Gasteiger partial charge >= 0.3 is 6.09 Å². The number of ether oxygens (including phenoxy) is 1. The highest BCUT2D eigenvalue weighted by Crippen LogP contribution is 2.63. The highest BCUT2D eigenvalue weighted by molar-refractivity contribution is 5.69. The summed E-state index contributed by atoms with van der Waals surface area (Å²) in [6.45, 7) is 3.17. The number of carbonyl (C=O) groups is 1. The molecule has 1 N–H and O–H groups in total. The minimum atomic E-state index is -0.730. The zero-order valence-corrected chi connectivity index (χ0v) is 18.8. The average molecular weight is 433 g/mol. The number of carboxylic acid groups (broad SMARTS) is 1. The van der Waals surface area contributed by atoms with Gasteiger partial charge in [0, 0.05) is 6.54 Å². The van der Waals surface area contributed by atoms with Crippen LogP contribution >= 0.6 is 0 Å². The van der Waals surface area contributed by atoms with Crippen LogP contribution in [0.25, 0.3) is 11.1 Å². The van der Waals surface area contributed by atoms with Crippen molar-refractivity contribution in [3.63, 3.8) is 0 Å². The minimum Gasteiger partial charge on any atom is -0.497 e. The van der Waals surface area contributed by atoms with E-state index >= 15 is 0 Å². The minimum absolute atomic E-state index is 0.000725. The Bertz CT molecular complexity index is 1020. The normalized spacial score (nSPS) is 29.4. The van der Waals surface area contributed by atoms with Crippen LogP contribution in [0.5, 0.6) is 5.75 Å². The number of benzene rings is 2. The number of hydrogen-bond acceptors (Lipinski definition) is 3. The molecule has 1 saturated carbocycles. The fraction of sp³-hybridized carbons (Fsp3) is 0.519. The van der Waals surface area contributed by atoms with Gasteiger partial charge in [-0.25, -0.2) is 4.79 Å². The summed E-state index contributed by atoms with van der Waals surface area (Å²) in [5, 5.41) is 10.5. The van der Waals surface area contributed by atoms with Crippen LogP contribution < -0.4 is 4.74 Å². The van der Waals surface area contributed by atoms with Crippen molar-refractivity contribution in [1.29, 1.82) is 0 Å². The maximum atomic E-state index is 12.7. The van der Waals surface area contributed by atoms with E-state index in [0.717, 1.165) is 63.9 Å². The number of nitrogens with zero attached hydrogens (tertiary/aromatic N) is 2. The van der Waals surface area contributed by atoms with Crippen LogP contribution in [0.3, 0.4) is 0 Å². The van der Waals surface area contributed by atoms with Crippen LogP contribution in [0, 0.1) is 11.3 Å². The molecule has 32 heavy (non-hydrogen) atoms. The summed E-state index contributed by atoms with van der Waals surface area (Å²) >= 11 is 0. The largest absolute Gasteiger partial charge is 0.497 e. The van der Waals surface area contributed by atoms with Crippen molar-refractivity contribution >= 4 is 6.09 Å². The first-order chi connectivity index (χ1) is 15.6. The summed E-state index contributed by atoms with van der Waals surface area (Å²) in [6.07, 6.45) is 6.00. The highest BCUT2D eigenvalue weighted by Gasteiger charge is 2.57. The molecular formula is C27H32N2O3. The summed E-state index contributed by atoms with van der Waals surface area (Å²) in [6, 6.07) is 15.0. The van der Waals surface area contributed by atoms with Gasteiger partial charge in [0.1, 0.15) is 5.75 Å². The molecule has 2 aromatic carbocycles. The third-order valence-electron chi connectivity index (χ3n) is 8.70. The van der Waals surface area contributed by atoms with Crippen LogP contribution in [-0.4, -0.2) is 53.8 Å². The Hall–Kier alpha value is -2.53. The van der Waals surface area contributed by atoms with Crippen LogP contribution in [0.4, 0.5) is 4.79 Å². The second-order valence-electron chi connectivity index (χ2n) is 10.3. The van der Waals surface area contributed by atoms with E-state index in [1.807, 2.05) is 17.0 Å². The van der Waals surface area contributed by atoms with E-state index in [0.29, 0.717) is 5.92 Å². The molecule has 5 aliphatic rings. The average Bonchev–Trinajstić information content (AvgIpc) is 3.61. The molecule has 1 unspecified atom stereocenters. The van der Waals surface area contributed by atoms with E-state index in [4.69, 9.17) is 4.74 Å². The third-order valence-corrected chi connectivity index (χ3v) is 8.70. The molecule has 168 valence electrons. The second kappa shape index (κ2) is 7.51. The van der Waals surface area contributed by atoms with Gasteiger partial charge in [-0.05, 0) is 97.3 Å². The lowest BCUT2D eigenvalue weighted by atomic mass is 9.73. The van der Waals surface area contributed by atoms with E-state index in [-0.39, 0.29) is 17.5 Å². The van der Waals surface area contributed by atoms with Gasteiger partial charge < -0.3 is 14.7 Å². The maximum absolute atomic E-state index is 12.7. The molecule has 3 heterocycles. The smallest absolute Gasteiger partial charge is 0.408 e. The first kappa shape index (κ1) is 20.1. The zero-order chi connectivity index (χ0) is 21.9. The Morgan fingerprint density at radius 1 is 1.06 bits per heavy atom. The fourth-order valence-electron chi connectivity index (χ4n) is 6.72. The lowest BCUT2D eigenvalue weighted by Crippen LogP contribution is -2.60. The summed E-state index contributed by atoms with van der Waals surface area (Å²) in [4.78, 5) is 17.1. The molecule has 2 atom stereocenters. The van der Waals surface area contributed by atoms with Gasteiger partial charge in [-0.3, -0.25) is 4.90 Å².